The lowest BCUT2D eigenvalue weighted by atomic mass is 9.72. The number of halogens is 2. The van der Waals surface area contributed by atoms with Crippen molar-refractivity contribution in [2.75, 3.05) is 31.6 Å². The molecule has 40 heavy (non-hydrogen) atoms. The van der Waals surface area contributed by atoms with Gasteiger partial charge in [0.15, 0.2) is 0 Å². The summed E-state index contributed by atoms with van der Waals surface area (Å²) < 4.78 is 33.9. The second kappa shape index (κ2) is 11.2. The van der Waals surface area contributed by atoms with Gasteiger partial charge in [-0.3, -0.25) is 14.6 Å². The number of carbonyl (C=O) groups excluding carboxylic acids is 1. The fourth-order valence-electron chi connectivity index (χ4n) is 4.79. The number of hydrogen-bond donors (Lipinski definition) is 1. The summed E-state index contributed by atoms with van der Waals surface area (Å²) in [7, 11) is 1.56. The second-order valence-corrected chi connectivity index (χ2v) is 11.2. The summed E-state index contributed by atoms with van der Waals surface area (Å²) >= 11 is 0. The summed E-state index contributed by atoms with van der Waals surface area (Å²) in [4.78, 5) is 34.0. The highest BCUT2D eigenvalue weighted by Crippen LogP contribution is 2.39. The number of nitrogens with zero attached hydrogens (tertiary/aromatic N) is 4. The second-order valence-electron chi connectivity index (χ2n) is 11.2. The summed E-state index contributed by atoms with van der Waals surface area (Å²) in [5.74, 6) is -0.550. The van der Waals surface area contributed by atoms with Gasteiger partial charge in [0.1, 0.15) is 17.4 Å². The molecule has 8 nitrogen and oxygen atoms in total. The molecule has 0 unspecified atom stereocenters. The average Bonchev–Trinajstić information content (AvgIpc) is 2.90. The number of pyridine rings is 1. The fourth-order valence-corrected chi connectivity index (χ4v) is 4.79. The van der Waals surface area contributed by atoms with E-state index in [0.717, 1.165) is 0 Å². The van der Waals surface area contributed by atoms with Crippen LogP contribution in [-0.2, 0) is 6.54 Å². The molecule has 1 aromatic heterocycles. The molecule has 212 valence electrons. The molecule has 2 aromatic carbocycles. The van der Waals surface area contributed by atoms with Crippen LogP contribution in [0.3, 0.4) is 0 Å². The summed E-state index contributed by atoms with van der Waals surface area (Å²) in [5, 5.41) is 9.74. The van der Waals surface area contributed by atoms with E-state index in [2.05, 4.69) is 9.88 Å². The Hall–Kier alpha value is -4.05. The Labute approximate surface area is 232 Å². The molecule has 10 heteroatoms. The third-order valence-corrected chi connectivity index (χ3v) is 7.76. The molecule has 1 aliphatic rings. The van der Waals surface area contributed by atoms with Crippen LogP contribution in [0.5, 0.6) is 11.6 Å². The SMILES string of the molecule is CN(C(=O)c1ccc(Oc2ccc(F)cc2)nc1)c1ccc(CN2CCN(C(=O)O)[C@@](C)(C(C)(C)C)C2)c(F)c1. The predicted octanol–water partition coefficient (Wildman–Crippen LogP) is 6.03. The Morgan fingerprint density at radius 2 is 1.77 bits per heavy atom. The number of hydrogen-bond acceptors (Lipinski definition) is 5. The number of ether oxygens (including phenoxy) is 1. The van der Waals surface area contributed by atoms with Gasteiger partial charge in [-0.05, 0) is 54.8 Å². The highest BCUT2D eigenvalue weighted by atomic mass is 19.1. The first kappa shape index (κ1) is 28.9. The van der Waals surface area contributed by atoms with E-state index in [1.165, 1.54) is 52.4 Å². The average molecular weight is 553 g/mol. The van der Waals surface area contributed by atoms with Crippen molar-refractivity contribution in [3.05, 3.63) is 83.6 Å². The molecular weight excluding hydrogens is 518 g/mol. The molecule has 1 saturated heterocycles. The first-order valence-corrected chi connectivity index (χ1v) is 13.0. The molecular formula is C30H34F2N4O4. The highest BCUT2D eigenvalue weighted by molar-refractivity contribution is 6.05. The van der Waals surface area contributed by atoms with Gasteiger partial charge < -0.3 is 14.7 Å². The van der Waals surface area contributed by atoms with Gasteiger partial charge in [0, 0.05) is 56.7 Å². The number of aromatic nitrogens is 1. The fraction of sp³-hybridized carbons (Fsp3) is 0.367. The van der Waals surface area contributed by atoms with E-state index in [9.17, 15) is 19.1 Å². The van der Waals surface area contributed by atoms with Crippen LogP contribution in [0.15, 0.2) is 60.8 Å². The van der Waals surface area contributed by atoms with Crippen molar-refractivity contribution in [3.8, 4) is 11.6 Å². The van der Waals surface area contributed by atoms with Crippen LogP contribution in [0.1, 0.15) is 43.6 Å². The first-order valence-electron chi connectivity index (χ1n) is 13.0. The largest absolute Gasteiger partial charge is 0.465 e. The Bertz CT molecular complexity index is 1380. The normalized spacial score (nSPS) is 17.9. The Kier molecular flexibility index (Phi) is 8.11. The summed E-state index contributed by atoms with van der Waals surface area (Å²) in [6, 6.07) is 13.2. The molecule has 0 saturated carbocycles. The summed E-state index contributed by atoms with van der Waals surface area (Å²) in [5.41, 5.74) is 0.168. The van der Waals surface area contributed by atoms with Crippen molar-refractivity contribution < 1.29 is 28.2 Å². The Morgan fingerprint density at radius 3 is 2.35 bits per heavy atom. The zero-order chi connectivity index (χ0) is 29.2. The van der Waals surface area contributed by atoms with Crippen LogP contribution in [0, 0.1) is 17.0 Å². The molecule has 3 aromatic rings. The molecule has 0 radical (unpaired) electrons. The lowest BCUT2D eigenvalue weighted by Gasteiger charge is -2.54. The molecule has 0 spiro atoms. The van der Waals surface area contributed by atoms with Gasteiger partial charge in [0.25, 0.3) is 5.91 Å². The van der Waals surface area contributed by atoms with Gasteiger partial charge in [0.2, 0.25) is 5.88 Å². The first-order chi connectivity index (χ1) is 18.8. The lowest BCUT2D eigenvalue weighted by Crippen LogP contribution is -2.67. The van der Waals surface area contributed by atoms with Crippen LogP contribution in [0.2, 0.25) is 0 Å². The topological polar surface area (TPSA) is 86.2 Å². The van der Waals surface area contributed by atoms with Crippen LogP contribution in [0.25, 0.3) is 0 Å². The minimum Gasteiger partial charge on any atom is -0.465 e. The number of piperazine rings is 1. The Balaban J connectivity index is 1.42. The predicted molar refractivity (Wildman–Crippen MR) is 148 cm³/mol. The molecule has 1 N–H and O–H groups in total. The van der Waals surface area contributed by atoms with Crippen molar-refractivity contribution in [3.63, 3.8) is 0 Å². The van der Waals surface area contributed by atoms with Gasteiger partial charge in [-0.25, -0.2) is 18.6 Å². The summed E-state index contributed by atoms with van der Waals surface area (Å²) in [6.07, 6.45) is 0.413. The smallest absolute Gasteiger partial charge is 0.407 e. The monoisotopic (exact) mass is 552 g/mol. The van der Waals surface area contributed by atoms with Crippen LogP contribution >= 0.6 is 0 Å². The number of rotatable bonds is 6. The van der Waals surface area contributed by atoms with Crippen LogP contribution in [0.4, 0.5) is 19.3 Å². The van der Waals surface area contributed by atoms with E-state index < -0.39 is 17.4 Å². The van der Waals surface area contributed by atoms with Crippen molar-refractivity contribution in [2.45, 2.75) is 39.8 Å². The highest BCUT2D eigenvalue weighted by Gasteiger charge is 2.48. The molecule has 0 bridgehead atoms. The van der Waals surface area contributed by atoms with E-state index in [1.54, 1.807) is 25.2 Å². The minimum absolute atomic E-state index is 0.243. The van der Waals surface area contributed by atoms with Gasteiger partial charge in [0.05, 0.1) is 11.1 Å². The summed E-state index contributed by atoms with van der Waals surface area (Å²) in [6.45, 7) is 9.58. The number of carboxylic acid groups (broad SMARTS) is 1. The number of anilines is 1. The van der Waals surface area contributed by atoms with Gasteiger partial charge in [-0.1, -0.05) is 26.8 Å². The van der Waals surface area contributed by atoms with Crippen LogP contribution < -0.4 is 9.64 Å². The third kappa shape index (κ3) is 6.07. The molecule has 2 amide bonds. The van der Waals surface area contributed by atoms with E-state index in [0.29, 0.717) is 43.2 Å². The van der Waals surface area contributed by atoms with E-state index in [1.807, 2.05) is 27.7 Å². The molecule has 2 heterocycles. The van der Waals surface area contributed by atoms with E-state index in [-0.39, 0.29) is 28.6 Å². The van der Waals surface area contributed by atoms with Gasteiger partial charge >= 0.3 is 6.09 Å². The molecule has 0 aliphatic carbocycles. The Morgan fingerprint density at radius 1 is 1.07 bits per heavy atom. The van der Waals surface area contributed by atoms with Crippen molar-refractivity contribution in [2.24, 2.45) is 5.41 Å². The third-order valence-electron chi connectivity index (χ3n) is 7.76. The standard InChI is InChI=1S/C30H34F2N4O4/c1-29(2,3)30(4)19-35(14-15-36(30)28(38)39)18-21-6-10-23(16-25(21)32)34(5)27(37)20-7-13-26(33-17-20)40-24-11-8-22(31)9-12-24/h6-13,16-17H,14-15,18-19H2,1-5H3,(H,38,39)/t30-/m1/s1. The zero-order valence-electron chi connectivity index (χ0n) is 23.3. The van der Waals surface area contributed by atoms with E-state index in [4.69, 9.17) is 4.74 Å². The van der Waals surface area contributed by atoms with Crippen molar-refractivity contribution >= 4 is 17.7 Å². The van der Waals surface area contributed by atoms with Crippen molar-refractivity contribution in [1.82, 2.24) is 14.8 Å². The number of benzene rings is 2. The van der Waals surface area contributed by atoms with Gasteiger partial charge in [-0.15, -0.1) is 0 Å². The maximum absolute atomic E-state index is 15.2. The van der Waals surface area contributed by atoms with Crippen LogP contribution in [-0.4, -0.2) is 64.1 Å². The molecule has 1 atom stereocenters. The maximum Gasteiger partial charge on any atom is 0.407 e. The molecule has 1 fully saturated rings. The van der Waals surface area contributed by atoms with E-state index >= 15 is 4.39 Å². The number of carbonyl (C=O) groups is 2. The number of amides is 2. The maximum atomic E-state index is 15.2. The lowest BCUT2D eigenvalue weighted by molar-refractivity contribution is -0.0464. The zero-order valence-corrected chi connectivity index (χ0v) is 23.3. The van der Waals surface area contributed by atoms with Gasteiger partial charge in [-0.2, -0.15) is 0 Å². The quantitative estimate of drug-likeness (QED) is 0.402. The van der Waals surface area contributed by atoms with Crippen molar-refractivity contribution in [1.29, 1.82) is 0 Å². The minimum atomic E-state index is -0.953. The molecule has 1 aliphatic heterocycles. The molecule has 4 rings (SSSR count).